The van der Waals surface area contributed by atoms with Crippen molar-refractivity contribution < 1.29 is 35.8 Å². The van der Waals surface area contributed by atoms with Gasteiger partial charge in [0.05, 0.1) is 13.8 Å². The largest absolute Gasteiger partial charge is 0.499 e. The molecule has 0 bridgehead atoms. The zero-order chi connectivity index (χ0) is 56.5. The Morgan fingerprint density at radius 3 is 1.95 bits per heavy atom. The average Bonchev–Trinajstić information content (AvgIpc) is 3.87. The third kappa shape index (κ3) is 5.11. The SMILES string of the molecule is [2H]c1c([2H])c(C(C([2H])([2H])[2H])(C([2H])([2H])[2H])C([2H])([2H])[2H])c([2H])c([2H])c1-c1c([2H])c([2H])[n+]2c(c1[2H])-c1cc(-c3ccccc3)cc3c1C21Oc2ccccc2-c2n(-c4cc(-c5ccccc5)c(C)cc4-c4ccccc4)c4cccc-3c4[n+]21. The van der Waals surface area contributed by atoms with Crippen LogP contribution in [0.5, 0.6) is 5.75 Å². The lowest BCUT2D eigenvalue weighted by molar-refractivity contribution is -0.997. The quantitative estimate of drug-likeness (QED) is 0.158. The first-order valence-corrected chi connectivity index (χ1v) is 21.0. The lowest BCUT2D eigenvalue weighted by Gasteiger charge is -2.32. The van der Waals surface area contributed by atoms with Gasteiger partial charge in [0.25, 0.3) is 0 Å². The fraction of sp³-hybridized carbons (Fsp3) is 0.100. The molecule has 2 aromatic heterocycles. The summed E-state index contributed by atoms with van der Waals surface area (Å²) < 4.78 is 157. The minimum atomic E-state index is -3.93. The van der Waals surface area contributed by atoms with Gasteiger partial charge in [0.15, 0.2) is 17.2 Å². The van der Waals surface area contributed by atoms with Crippen molar-refractivity contribution in [3.8, 4) is 89.7 Å². The molecular formula is C60H45N3O+2. The summed E-state index contributed by atoms with van der Waals surface area (Å²) in [5.74, 6) is -0.884. The van der Waals surface area contributed by atoms with Crippen LogP contribution in [0.3, 0.4) is 0 Å². The molecule has 1 spiro atoms. The van der Waals surface area contributed by atoms with Crippen LogP contribution in [0, 0.1) is 6.92 Å². The molecule has 4 heteroatoms. The van der Waals surface area contributed by atoms with E-state index in [1.54, 1.807) is 0 Å². The summed E-state index contributed by atoms with van der Waals surface area (Å²) in [6.07, 6.45) is -0.582. The van der Waals surface area contributed by atoms with E-state index in [1.807, 2.05) is 126 Å². The van der Waals surface area contributed by atoms with Crippen molar-refractivity contribution in [3.05, 3.63) is 217 Å². The highest BCUT2D eigenvalue weighted by molar-refractivity contribution is 6.00. The molecule has 304 valence electrons. The van der Waals surface area contributed by atoms with Crippen LogP contribution in [0.15, 0.2) is 200 Å². The van der Waals surface area contributed by atoms with E-state index in [2.05, 4.69) is 47.9 Å². The standard InChI is InChI=1S/C60H45N3O/c1-38-33-49(42-21-12-7-13-22-42)54(37-48(38)41-19-10-6-11-20-41)62-52-25-16-24-46-50-34-44(39-17-8-5-9-18-39)35-51-53-36-43(40-27-29-45(30-28-40)59(2,3)4)31-32-61(53)60(56(50)51)63(57(46)52)58(62)47-23-14-15-26-55(47)64-60/h5-37H,1-4H3/q+2/i2D3,3D3,4D3,27D,28D,29D,30D,31D,32D,36D. The van der Waals surface area contributed by atoms with E-state index < -0.39 is 90.9 Å². The van der Waals surface area contributed by atoms with Crippen molar-refractivity contribution >= 4 is 11.0 Å². The number of para-hydroxylation sites is 2. The highest BCUT2D eigenvalue weighted by Gasteiger charge is 2.68. The maximum atomic E-state index is 10.4. The van der Waals surface area contributed by atoms with Gasteiger partial charge in [0.2, 0.25) is 5.69 Å². The third-order valence-electron chi connectivity index (χ3n) is 12.8. The second-order valence-electron chi connectivity index (χ2n) is 16.5. The van der Waals surface area contributed by atoms with Gasteiger partial charge in [-0.1, -0.05) is 154 Å². The van der Waals surface area contributed by atoms with E-state index in [-0.39, 0.29) is 5.69 Å². The van der Waals surface area contributed by atoms with Gasteiger partial charge in [0.1, 0.15) is 23.9 Å². The predicted molar refractivity (Wildman–Crippen MR) is 258 cm³/mol. The summed E-state index contributed by atoms with van der Waals surface area (Å²) in [5.41, 5.74) is 5.08. The normalized spacial score (nSPS) is 19.3. The number of aryl methyl sites for hydroxylation is 1. The topological polar surface area (TPSA) is 21.9 Å². The molecule has 13 rings (SSSR count). The van der Waals surface area contributed by atoms with Gasteiger partial charge in [-0.15, -0.1) is 9.13 Å². The molecule has 64 heavy (non-hydrogen) atoms. The number of rotatable bonds is 5. The highest BCUT2D eigenvalue weighted by Crippen LogP contribution is 2.54. The van der Waals surface area contributed by atoms with Crippen molar-refractivity contribution in [1.29, 1.82) is 0 Å². The molecule has 4 nitrogen and oxygen atoms in total. The maximum absolute atomic E-state index is 10.4. The summed E-state index contributed by atoms with van der Waals surface area (Å²) in [4.78, 5) is 0. The number of hydrogen-bond donors (Lipinski definition) is 0. The van der Waals surface area contributed by atoms with Crippen molar-refractivity contribution in [2.45, 2.75) is 38.7 Å². The maximum Gasteiger partial charge on any atom is 0.499 e. The fourth-order valence-electron chi connectivity index (χ4n) is 10.0. The molecule has 0 saturated carbocycles. The Kier molecular flexibility index (Phi) is 5.03. The first kappa shape index (κ1) is 24.1. The van der Waals surface area contributed by atoms with Crippen LogP contribution in [0.2, 0.25) is 0 Å². The Hall–Kier alpha value is -7.82. The number of imidazole rings is 1. The Labute approximate surface area is 396 Å². The molecule has 3 aliphatic rings. The molecule has 5 heterocycles. The van der Waals surface area contributed by atoms with Crippen LogP contribution in [0.25, 0.3) is 95.0 Å². The van der Waals surface area contributed by atoms with Gasteiger partial charge >= 0.3 is 11.7 Å². The van der Waals surface area contributed by atoms with E-state index in [9.17, 15) is 9.60 Å². The molecule has 3 aliphatic heterocycles. The second kappa shape index (κ2) is 13.3. The van der Waals surface area contributed by atoms with Crippen molar-refractivity contribution in [2.75, 3.05) is 0 Å². The van der Waals surface area contributed by atoms with E-state index in [1.165, 1.54) is 4.57 Å². The van der Waals surface area contributed by atoms with E-state index >= 15 is 0 Å². The van der Waals surface area contributed by atoms with Crippen molar-refractivity contribution in [3.63, 3.8) is 0 Å². The first-order valence-electron chi connectivity index (χ1n) is 29.0. The fourth-order valence-corrected chi connectivity index (χ4v) is 10.0. The lowest BCUT2D eigenvalue weighted by atomic mass is 9.85. The Morgan fingerprint density at radius 2 is 1.22 bits per heavy atom. The number of hydrogen-bond acceptors (Lipinski definition) is 1. The number of benzene rings is 8. The van der Waals surface area contributed by atoms with Gasteiger partial charge < -0.3 is 4.74 Å². The average molecular weight is 840 g/mol. The summed E-state index contributed by atoms with van der Waals surface area (Å²) in [6, 6.07) is 45.5. The van der Waals surface area contributed by atoms with Crippen molar-refractivity contribution in [1.82, 2.24) is 4.57 Å². The highest BCUT2D eigenvalue weighted by atomic mass is 16.5. The molecule has 0 radical (unpaired) electrons. The number of pyridine rings is 1. The summed E-state index contributed by atoms with van der Waals surface area (Å²) in [6.45, 7) is -9.71. The number of nitrogens with zero attached hydrogens (tertiary/aromatic N) is 3. The van der Waals surface area contributed by atoms with Gasteiger partial charge in [-0.05, 0) is 111 Å². The summed E-state index contributed by atoms with van der Waals surface area (Å²) >= 11 is 0. The first-order chi connectivity index (χ1) is 38.0. The number of ether oxygens (including phenoxy) is 1. The Balaban J connectivity index is 1.19. The van der Waals surface area contributed by atoms with Crippen LogP contribution < -0.4 is 13.9 Å². The monoisotopic (exact) mass is 839 g/mol. The smallest absolute Gasteiger partial charge is 0.392 e. The molecular weight excluding hydrogens is 779 g/mol. The minimum Gasteiger partial charge on any atom is -0.392 e. The molecule has 1 atom stereocenters. The molecule has 0 amide bonds. The zero-order valence-corrected chi connectivity index (χ0v) is 34.3. The van der Waals surface area contributed by atoms with Crippen LogP contribution in [0.4, 0.5) is 0 Å². The molecule has 1 unspecified atom stereocenters. The van der Waals surface area contributed by atoms with Gasteiger partial charge in [-0.2, -0.15) is 4.57 Å². The third-order valence-corrected chi connectivity index (χ3v) is 12.8. The second-order valence-corrected chi connectivity index (χ2v) is 16.5. The summed E-state index contributed by atoms with van der Waals surface area (Å²) in [5, 5.41) is 0. The van der Waals surface area contributed by atoms with Crippen molar-refractivity contribution in [2.24, 2.45) is 0 Å². The molecule has 0 N–H and O–H groups in total. The molecule has 0 fully saturated rings. The molecule has 0 saturated heterocycles. The molecule has 8 aromatic carbocycles. The van der Waals surface area contributed by atoms with E-state index in [0.717, 1.165) is 50.1 Å². The molecule has 0 aliphatic carbocycles. The van der Waals surface area contributed by atoms with Crippen LogP contribution in [-0.2, 0) is 11.3 Å². The Bertz CT molecular complexity index is 4260. The lowest BCUT2D eigenvalue weighted by Crippen LogP contribution is -2.78. The van der Waals surface area contributed by atoms with Gasteiger partial charge in [0, 0.05) is 41.1 Å². The zero-order valence-electron chi connectivity index (χ0n) is 50.3. The van der Waals surface area contributed by atoms with Crippen LogP contribution in [0.1, 0.15) is 59.2 Å². The number of aromatic nitrogens is 3. The van der Waals surface area contributed by atoms with E-state index in [0.29, 0.717) is 44.9 Å². The minimum absolute atomic E-state index is 0.00370. The summed E-state index contributed by atoms with van der Waals surface area (Å²) in [7, 11) is 0. The van der Waals surface area contributed by atoms with E-state index in [4.69, 9.17) is 17.1 Å². The van der Waals surface area contributed by atoms with Crippen LogP contribution >= 0.6 is 0 Å². The number of fused-ring (bicyclic) bond motifs is 5. The van der Waals surface area contributed by atoms with Gasteiger partial charge in [-0.25, -0.2) is 0 Å². The predicted octanol–water partition coefficient (Wildman–Crippen LogP) is 13.7. The Morgan fingerprint density at radius 1 is 0.562 bits per heavy atom. The van der Waals surface area contributed by atoms with Gasteiger partial charge in [-0.3, -0.25) is 0 Å². The molecule has 10 aromatic rings. The van der Waals surface area contributed by atoms with Crippen LogP contribution in [-0.4, -0.2) is 4.57 Å².